The molecule has 0 spiro atoms. The van der Waals surface area contributed by atoms with Crippen LogP contribution in [-0.4, -0.2) is 24.5 Å². The highest BCUT2D eigenvalue weighted by molar-refractivity contribution is 5.95. The van der Waals surface area contributed by atoms with E-state index in [2.05, 4.69) is 10.6 Å². The lowest BCUT2D eigenvalue weighted by molar-refractivity contribution is -0.124. The Hall–Kier alpha value is -1.88. The Morgan fingerprint density at radius 3 is 2.68 bits per heavy atom. The van der Waals surface area contributed by atoms with Crippen LogP contribution < -0.4 is 10.6 Å². The van der Waals surface area contributed by atoms with Crippen LogP contribution in [0.2, 0.25) is 0 Å². The van der Waals surface area contributed by atoms with Crippen LogP contribution in [0.15, 0.2) is 18.2 Å². The quantitative estimate of drug-likeness (QED) is 0.876. The normalized spacial score (nSPS) is 18.1. The smallest absolute Gasteiger partial charge is 0.253 e. The minimum absolute atomic E-state index is 0.107. The molecule has 2 N–H and O–H groups in total. The molecule has 1 aliphatic heterocycles. The van der Waals surface area contributed by atoms with Crippen LogP contribution in [0.4, 0.5) is 11.4 Å². The van der Waals surface area contributed by atoms with Crippen molar-refractivity contribution in [2.75, 3.05) is 17.2 Å². The van der Waals surface area contributed by atoms with Gasteiger partial charge in [-0.15, -0.1) is 0 Å². The van der Waals surface area contributed by atoms with E-state index in [0.29, 0.717) is 12.3 Å². The highest BCUT2D eigenvalue weighted by Crippen LogP contribution is 2.21. The predicted molar refractivity (Wildman–Crippen MR) is 73.1 cm³/mol. The van der Waals surface area contributed by atoms with Gasteiger partial charge in [-0.2, -0.15) is 0 Å². The summed E-state index contributed by atoms with van der Waals surface area (Å²) in [6, 6.07) is 5.38. The Morgan fingerprint density at radius 1 is 1.32 bits per heavy atom. The van der Waals surface area contributed by atoms with Crippen molar-refractivity contribution in [3.63, 3.8) is 0 Å². The van der Waals surface area contributed by atoms with Gasteiger partial charge in [0.25, 0.3) is 5.91 Å². The number of benzene rings is 1. The number of amides is 2. The van der Waals surface area contributed by atoms with Crippen molar-refractivity contribution in [3.05, 3.63) is 23.8 Å². The maximum absolute atomic E-state index is 11.9. The van der Waals surface area contributed by atoms with Crippen LogP contribution in [0.5, 0.6) is 0 Å². The molecule has 0 aromatic heterocycles. The van der Waals surface area contributed by atoms with E-state index in [1.807, 2.05) is 13.0 Å². The minimum atomic E-state index is -0.338. The first kappa shape index (κ1) is 13.5. The molecule has 1 heterocycles. The molecule has 0 bridgehead atoms. The third kappa shape index (κ3) is 3.54. The zero-order chi connectivity index (χ0) is 13.8. The van der Waals surface area contributed by atoms with Crippen LogP contribution in [0.3, 0.4) is 0 Å². The van der Waals surface area contributed by atoms with Crippen LogP contribution in [0.25, 0.3) is 0 Å². The summed E-state index contributed by atoms with van der Waals surface area (Å²) in [6.07, 6.45) is 1.36. The second kappa shape index (κ2) is 5.84. The molecule has 1 atom stereocenters. The lowest BCUT2D eigenvalue weighted by Gasteiger charge is -2.12. The van der Waals surface area contributed by atoms with Gasteiger partial charge in [0, 0.05) is 24.9 Å². The number of ether oxygens (including phenoxy) is 1. The molecule has 0 radical (unpaired) electrons. The van der Waals surface area contributed by atoms with E-state index >= 15 is 0 Å². The first-order chi connectivity index (χ1) is 9.06. The molecule has 1 aromatic rings. The van der Waals surface area contributed by atoms with Crippen LogP contribution in [-0.2, 0) is 14.3 Å². The fraction of sp³-hybridized carbons (Fsp3) is 0.429. The van der Waals surface area contributed by atoms with Crippen molar-refractivity contribution in [2.24, 2.45) is 0 Å². The summed E-state index contributed by atoms with van der Waals surface area (Å²) < 4.78 is 5.32. The molecule has 0 aliphatic carbocycles. The molecular formula is C14H18N2O3. The summed E-state index contributed by atoms with van der Waals surface area (Å²) in [5.74, 6) is -0.219. The van der Waals surface area contributed by atoms with Gasteiger partial charge in [0.15, 0.2) is 0 Å². The number of carbonyl (C=O) groups is 2. The Morgan fingerprint density at radius 2 is 2.11 bits per heavy atom. The topological polar surface area (TPSA) is 67.4 Å². The molecular weight excluding hydrogens is 244 g/mol. The Bertz CT molecular complexity index is 493. The molecule has 5 heteroatoms. The van der Waals surface area contributed by atoms with E-state index in [0.717, 1.165) is 24.1 Å². The van der Waals surface area contributed by atoms with Gasteiger partial charge in [-0.3, -0.25) is 9.59 Å². The highest BCUT2D eigenvalue weighted by atomic mass is 16.5. The summed E-state index contributed by atoms with van der Waals surface area (Å²) in [7, 11) is 0. The van der Waals surface area contributed by atoms with E-state index in [9.17, 15) is 9.59 Å². The molecule has 0 unspecified atom stereocenters. The maximum atomic E-state index is 11.9. The van der Waals surface area contributed by atoms with Crippen LogP contribution in [0.1, 0.15) is 25.3 Å². The van der Waals surface area contributed by atoms with E-state index in [1.165, 1.54) is 6.92 Å². The molecule has 2 amide bonds. The lowest BCUT2D eigenvalue weighted by atomic mass is 10.1. The third-order valence-corrected chi connectivity index (χ3v) is 3.03. The largest absolute Gasteiger partial charge is 0.368 e. The number of carbonyl (C=O) groups excluding carboxylic acids is 2. The van der Waals surface area contributed by atoms with Crippen molar-refractivity contribution < 1.29 is 14.3 Å². The number of hydrogen-bond acceptors (Lipinski definition) is 3. The second-order valence-electron chi connectivity index (χ2n) is 4.70. The van der Waals surface area contributed by atoms with E-state index in [-0.39, 0.29) is 17.9 Å². The monoisotopic (exact) mass is 262 g/mol. The molecule has 1 aromatic carbocycles. The van der Waals surface area contributed by atoms with Crippen molar-refractivity contribution >= 4 is 23.2 Å². The molecule has 1 saturated heterocycles. The van der Waals surface area contributed by atoms with Gasteiger partial charge in [-0.1, -0.05) is 0 Å². The number of anilines is 2. The average molecular weight is 262 g/mol. The minimum Gasteiger partial charge on any atom is -0.368 e. The standard InChI is InChI=1S/C14H18N2O3/c1-9-8-11(5-6-12(9)15-10(2)17)16-14(18)13-4-3-7-19-13/h5-6,8,13H,3-4,7H2,1-2H3,(H,15,17)(H,16,18)/t13-/m0/s1. The number of aryl methyl sites for hydroxylation is 1. The van der Waals surface area contributed by atoms with E-state index in [4.69, 9.17) is 4.74 Å². The zero-order valence-electron chi connectivity index (χ0n) is 11.2. The van der Waals surface area contributed by atoms with Gasteiger partial charge in [-0.25, -0.2) is 0 Å². The van der Waals surface area contributed by atoms with Gasteiger partial charge in [-0.05, 0) is 43.5 Å². The fourth-order valence-corrected chi connectivity index (χ4v) is 2.08. The summed E-state index contributed by atoms with van der Waals surface area (Å²) in [4.78, 5) is 22.9. The van der Waals surface area contributed by atoms with Crippen LogP contribution >= 0.6 is 0 Å². The van der Waals surface area contributed by atoms with Gasteiger partial charge >= 0.3 is 0 Å². The summed E-state index contributed by atoms with van der Waals surface area (Å²) in [6.45, 7) is 4.00. The van der Waals surface area contributed by atoms with E-state index in [1.54, 1.807) is 12.1 Å². The molecule has 1 aliphatic rings. The lowest BCUT2D eigenvalue weighted by Crippen LogP contribution is -2.26. The van der Waals surface area contributed by atoms with Gasteiger partial charge in [0.1, 0.15) is 6.10 Å². The molecule has 2 rings (SSSR count). The summed E-state index contributed by atoms with van der Waals surface area (Å²) >= 11 is 0. The average Bonchev–Trinajstić information content (AvgIpc) is 2.86. The number of nitrogens with one attached hydrogen (secondary N) is 2. The molecule has 19 heavy (non-hydrogen) atoms. The molecule has 102 valence electrons. The van der Waals surface area contributed by atoms with Crippen molar-refractivity contribution in [1.29, 1.82) is 0 Å². The van der Waals surface area contributed by atoms with Gasteiger partial charge < -0.3 is 15.4 Å². The summed E-state index contributed by atoms with van der Waals surface area (Å²) in [5, 5.41) is 5.56. The molecule has 0 saturated carbocycles. The van der Waals surface area contributed by atoms with Crippen molar-refractivity contribution in [2.45, 2.75) is 32.8 Å². The Labute approximate surface area is 112 Å². The van der Waals surface area contributed by atoms with Crippen molar-refractivity contribution in [1.82, 2.24) is 0 Å². The predicted octanol–water partition coefficient (Wildman–Crippen LogP) is 2.07. The maximum Gasteiger partial charge on any atom is 0.253 e. The SMILES string of the molecule is CC(=O)Nc1ccc(NC(=O)[C@@H]2CCCO2)cc1C. The third-order valence-electron chi connectivity index (χ3n) is 3.03. The zero-order valence-corrected chi connectivity index (χ0v) is 11.2. The van der Waals surface area contributed by atoms with Gasteiger partial charge in [0.2, 0.25) is 5.91 Å². The molecule has 1 fully saturated rings. The second-order valence-corrected chi connectivity index (χ2v) is 4.70. The molecule has 5 nitrogen and oxygen atoms in total. The number of rotatable bonds is 3. The van der Waals surface area contributed by atoms with E-state index < -0.39 is 0 Å². The first-order valence-electron chi connectivity index (χ1n) is 6.37. The van der Waals surface area contributed by atoms with Crippen molar-refractivity contribution in [3.8, 4) is 0 Å². The highest BCUT2D eigenvalue weighted by Gasteiger charge is 2.23. The first-order valence-corrected chi connectivity index (χ1v) is 6.37. The summed E-state index contributed by atoms with van der Waals surface area (Å²) in [5.41, 5.74) is 2.37. The van der Waals surface area contributed by atoms with Gasteiger partial charge in [0.05, 0.1) is 0 Å². The van der Waals surface area contributed by atoms with Crippen LogP contribution in [0, 0.1) is 6.92 Å². The number of hydrogen-bond donors (Lipinski definition) is 2. The Kier molecular flexibility index (Phi) is 4.16. The Balaban J connectivity index is 2.03. The fourth-order valence-electron chi connectivity index (χ4n) is 2.08.